The molecular formula is C14H17N3O3S. The number of ether oxygens (including phenoxy) is 1. The van der Waals surface area contributed by atoms with E-state index in [-0.39, 0.29) is 4.90 Å². The highest BCUT2D eigenvalue weighted by Crippen LogP contribution is 2.26. The van der Waals surface area contributed by atoms with Gasteiger partial charge >= 0.3 is 0 Å². The van der Waals surface area contributed by atoms with Gasteiger partial charge in [-0.25, -0.2) is 13.4 Å². The van der Waals surface area contributed by atoms with E-state index in [1.54, 1.807) is 30.3 Å². The summed E-state index contributed by atoms with van der Waals surface area (Å²) in [6.45, 7) is 2.66. The number of nitrogens with zero attached hydrogens (tertiary/aromatic N) is 1. The van der Waals surface area contributed by atoms with Crippen molar-refractivity contribution in [3.63, 3.8) is 0 Å². The van der Waals surface area contributed by atoms with Crippen molar-refractivity contribution in [2.75, 3.05) is 23.7 Å². The van der Waals surface area contributed by atoms with Crippen molar-refractivity contribution in [1.82, 2.24) is 4.98 Å². The summed E-state index contributed by atoms with van der Waals surface area (Å²) in [5.41, 5.74) is 0.385. The van der Waals surface area contributed by atoms with Crippen molar-refractivity contribution in [1.29, 1.82) is 0 Å². The number of methoxy groups -OCH3 is 1. The van der Waals surface area contributed by atoms with E-state index in [1.165, 1.54) is 19.4 Å². The van der Waals surface area contributed by atoms with Crippen molar-refractivity contribution in [3.05, 3.63) is 42.6 Å². The molecule has 1 heterocycles. The molecule has 0 aliphatic heterocycles. The van der Waals surface area contributed by atoms with E-state index < -0.39 is 10.0 Å². The molecule has 6 nitrogen and oxygen atoms in total. The molecule has 0 fully saturated rings. The molecule has 0 saturated heterocycles. The van der Waals surface area contributed by atoms with Gasteiger partial charge in [0.05, 0.1) is 12.8 Å². The average molecular weight is 307 g/mol. The van der Waals surface area contributed by atoms with E-state index in [9.17, 15) is 8.42 Å². The third-order valence-corrected chi connectivity index (χ3v) is 4.11. The lowest BCUT2D eigenvalue weighted by atomic mass is 10.3. The van der Waals surface area contributed by atoms with Crippen LogP contribution in [0.1, 0.15) is 6.92 Å². The smallest absolute Gasteiger partial charge is 0.263 e. The lowest BCUT2D eigenvalue weighted by Crippen LogP contribution is -2.14. The first-order valence-corrected chi connectivity index (χ1v) is 7.91. The van der Waals surface area contributed by atoms with Crippen LogP contribution >= 0.6 is 0 Å². The van der Waals surface area contributed by atoms with Crippen molar-refractivity contribution >= 4 is 21.5 Å². The van der Waals surface area contributed by atoms with Gasteiger partial charge in [-0.1, -0.05) is 12.1 Å². The Morgan fingerprint density at radius 3 is 2.57 bits per heavy atom. The van der Waals surface area contributed by atoms with Crippen LogP contribution in [-0.2, 0) is 10.0 Å². The van der Waals surface area contributed by atoms with Gasteiger partial charge in [0.25, 0.3) is 10.0 Å². The number of nitrogens with one attached hydrogen (secondary N) is 2. The SMILES string of the molecule is CCNc1ccc(S(=O)(=O)Nc2ccccc2OC)cn1. The van der Waals surface area contributed by atoms with Gasteiger partial charge in [0, 0.05) is 12.7 Å². The van der Waals surface area contributed by atoms with Gasteiger partial charge in [0.2, 0.25) is 0 Å². The lowest BCUT2D eigenvalue weighted by Gasteiger charge is -2.11. The number of hydrogen-bond donors (Lipinski definition) is 2. The number of para-hydroxylation sites is 2. The molecule has 1 aromatic heterocycles. The summed E-state index contributed by atoms with van der Waals surface area (Å²) >= 11 is 0. The fraction of sp³-hybridized carbons (Fsp3) is 0.214. The van der Waals surface area contributed by atoms with E-state index in [0.29, 0.717) is 17.3 Å². The van der Waals surface area contributed by atoms with Crippen LogP contribution in [0.15, 0.2) is 47.5 Å². The lowest BCUT2D eigenvalue weighted by molar-refractivity contribution is 0.417. The van der Waals surface area contributed by atoms with Crippen LogP contribution in [0.25, 0.3) is 0 Å². The van der Waals surface area contributed by atoms with Crippen LogP contribution < -0.4 is 14.8 Å². The van der Waals surface area contributed by atoms with Crippen LogP contribution in [0, 0.1) is 0 Å². The summed E-state index contributed by atoms with van der Waals surface area (Å²) in [7, 11) is -2.21. The zero-order valence-corrected chi connectivity index (χ0v) is 12.6. The molecule has 2 rings (SSSR count). The number of rotatable bonds is 6. The Labute approximate surface area is 124 Å². The predicted molar refractivity (Wildman–Crippen MR) is 82.2 cm³/mol. The highest BCUT2D eigenvalue weighted by atomic mass is 32.2. The van der Waals surface area contributed by atoms with Crippen molar-refractivity contribution in [2.45, 2.75) is 11.8 Å². The Hall–Kier alpha value is -2.28. The fourth-order valence-corrected chi connectivity index (χ4v) is 2.77. The Bertz CT molecular complexity index is 700. The van der Waals surface area contributed by atoms with Crippen molar-refractivity contribution in [2.24, 2.45) is 0 Å². The molecule has 0 saturated carbocycles. The van der Waals surface area contributed by atoms with E-state index in [2.05, 4.69) is 15.0 Å². The Morgan fingerprint density at radius 2 is 1.95 bits per heavy atom. The molecular weight excluding hydrogens is 290 g/mol. The van der Waals surface area contributed by atoms with Gasteiger partial charge < -0.3 is 10.1 Å². The number of pyridine rings is 1. The summed E-state index contributed by atoms with van der Waals surface area (Å²) in [5, 5.41) is 3.01. The molecule has 112 valence electrons. The average Bonchev–Trinajstić information content (AvgIpc) is 2.48. The van der Waals surface area contributed by atoms with Gasteiger partial charge in [-0.15, -0.1) is 0 Å². The minimum Gasteiger partial charge on any atom is -0.495 e. The van der Waals surface area contributed by atoms with Gasteiger partial charge in [-0.3, -0.25) is 4.72 Å². The maximum Gasteiger partial charge on any atom is 0.263 e. The number of benzene rings is 1. The molecule has 1 aromatic carbocycles. The quantitative estimate of drug-likeness (QED) is 0.856. The Kier molecular flexibility index (Phi) is 4.64. The largest absolute Gasteiger partial charge is 0.495 e. The molecule has 2 N–H and O–H groups in total. The predicted octanol–water partition coefficient (Wildman–Crippen LogP) is 2.32. The Balaban J connectivity index is 2.25. The fourth-order valence-electron chi connectivity index (χ4n) is 1.76. The van der Waals surface area contributed by atoms with Crippen LogP contribution in [-0.4, -0.2) is 27.1 Å². The molecule has 0 unspecified atom stereocenters. The number of aromatic nitrogens is 1. The van der Waals surface area contributed by atoms with Crippen LogP contribution in [0.2, 0.25) is 0 Å². The van der Waals surface area contributed by atoms with Gasteiger partial charge in [0.1, 0.15) is 16.5 Å². The second-order valence-corrected chi connectivity index (χ2v) is 5.90. The molecule has 2 aromatic rings. The summed E-state index contributed by atoms with van der Waals surface area (Å²) < 4.78 is 32.2. The van der Waals surface area contributed by atoms with E-state index >= 15 is 0 Å². The summed E-state index contributed by atoms with van der Waals surface area (Å²) in [6, 6.07) is 9.94. The monoisotopic (exact) mass is 307 g/mol. The second-order valence-electron chi connectivity index (χ2n) is 4.22. The summed E-state index contributed by atoms with van der Waals surface area (Å²) in [4.78, 5) is 4.15. The highest BCUT2D eigenvalue weighted by Gasteiger charge is 2.16. The zero-order valence-electron chi connectivity index (χ0n) is 11.8. The van der Waals surface area contributed by atoms with Gasteiger partial charge in [-0.2, -0.15) is 0 Å². The van der Waals surface area contributed by atoms with Crippen LogP contribution in [0.3, 0.4) is 0 Å². The molecule has 0 atom stereocenters. The molecule has 7 heteroatoms. The maximum atomic E-state index is 12.3. The zero-order chi connectivity index (χ0) is 15.3. The molecule has 0 amide bonds. The number of anilines is 2. The normalized spacial score (nSPS) is 11.0. The van der Waals surface area contributed by atoms with E-state index in [4.69, 9.17) is 4.74 Å². The Morgan fingerprint density at radius 1 is 1.19 bits per heavy atom. The minimum atomic E-state index is -3.70. The maximum absolute atomic E-state index is 12.3. The number of hydrogen-bond acceptors (Lipinski definition) is 5. The van der Waals surface area contributed by atoms with Gasteiger partial charge in [0.15, 0.2) is 0 Å². The second kappa shape index (κ2) is 6.45. The summed E-state index contributed by atoms with van der Waals surface area (Å²) in [6.07, 6.45) is 1.32. The number of sulfonamides is 1. The van der Waals surface area contributed by atoms with E-state index in [0.717, 1.165) is 6.54 Å². The van der Waals surface area contributed by atoms with Crippen molar-refractivity contribution < 1.29 is 13.2 Å². The van der Waals surface area contributed by atoms with Crippen LogP contribution in [0.5, 0.6) is 5.75 Å². The highest BCUT2D eigenvalue weighted by molar-refractivity contribution is 7.92. The molecule has 0 bridgehead atoms. The standard InChI is InChI=1S/C14H17N3O3S/c1-3-15-14-9-8-11(10-16-14)21(18,19)17-12-6-4-5-7-13(12)20-2/h4-10,17H,3H2,1-2H3,(H,15,16). The first kappa shape index (κ1) is 15.1. The third-order valence-electron chi connectivity index (χ3n) is 2.76. The van der Waals surface area contributed by atoms with E-state index in [1.807, 2.05) is 6.92 Å². The molecule has 0 aliphatic rings. The minimum absolute atomic E-state index is 0.0926. The molecule has 0 aliphatic carbocycles. The van der Waals surface area contributed by atoms with Crippen LogP contribution in [0.4, 0.5) is 11.5 Å². The molecule has 21 heavy (non-hydrogen) atoms. The van der Waals surface area contributed by atoms with Gasteiger partial charge in [-0.05, 0) is 31.2 Å². The first-order valence-electron chi connectivity index (χ1n) is 6.42. The summed E-state index contributed by atoms with van der Waals surface area (Å²) in [5.74, 6) is 1.09. The molecule has 0 spiro atoms. The van der Waals surface area contributed by atoms with Crippen molar-refractivity contribution in [3.8, 4) is 5.75 Å². The first-order chi connectivity index (χ1) is 10.1. The topological polar surface area (TPSA) is 80.3 Å². The molecule has 0 radical (unpaired) electrons. The third kappa shape index (κ3) is 3.63.